The summed E-state index contributed by atoms with van der Waals surface area (Å²) >= 11 is 0. The van der Waals surface area contributed by atoms with Crippen LogP contribution in [0.3, 0.4) is 0 Å². The fourth-order valence-corrected chi connectivity index (χ4v) is 1.91. The quantitative estimate of drug-likeness (QED) is 0.787. The Bertz CT molecular complexity index is 650. The molecule has 0 saturated carbocycles. The zero-order valence-corrected chi connectivity index (χ0v) is 15.3. The molecule has 1 atom stereocenters. The zero-order valence-electron chi connectivity index (χ0n) is 15.3. The number of likely N-dealkylation sites (N-methyl/N-ethyl adjacent to an activating group) is 1. The van der Waals surface area contributed by atoms with Gasteiger partial charge in [-0.15, -0.1) is 0 Å². The van der Waals surface area contributed by atoms with Crippen LogP contribution in [0.2, 0.25) is 0 Å². The van der Waals surface area contributed by atoms with E-state index < -0.39 is 11.9 Å². The molecular weight excluding hydrogens is 318 g/mol. The first-order valence-electron chi connectivity index (χ1n) is 8.20. The molecular formula is C20H28NO4+. The van der Waals surface area contributed by atoms with E-state index in [0.717, 1.165) is 22.3 Å². The molecule has 25 heavy (non-hydrogen) atoms. The molecule has 1 unspecified atom stereocenters. The molecule has 0 fully saturated rings. The summed E-state index contributed by atoms with van der Waals surface area (Å²) < 4.78 is 6.50. The van der Waals surface area contributed by atoms with Gasteiger partial charge in [-0.1, -0.05) is 30.3 Å². The highest BCUT2D eigenvalue weighted by atomic mass is 16.5. The van der Waals surface area contributed by atoms with Crippen LogP contribution < -0.4 is 4.74 Å². The van der Waals surface area contributed by atoms with Crippen LogP contribution in [0.4, 0.5) is 0 Å². The summed E-state index contributed by atoms with van der Waals surface area (Å²) in [4.78, 5) is 10.9. The van der Waals surface area contributed by atoms with Gasteiger partial charge in [0.1, 0.15) is 18.0 Å². The van der Waals surface area contributed by atoms with Gasteiger partial charge in [0.15, 0.2) is 0 Å². The topological polar surface area (TPSA) is 66.8 Å². The van der Waals surface area contributed by atoms with Gasteiger partial charge in [-0.05, 0) is 36.8 Å². The minimum atomic E-state index is -0.841. The number of carboxylic acid groups (broad SMARTS) is 1. The second-order valence-electron chi connectivity index (χ2n) is 6.79. The molecule has 0 spiro atoms. The number of aliphatic carboxylic acids is 1. The second-order valence-corrected chi connectivity index (χ2v) is 6.79. The number of aliphatic hydroxyl groups excluding tert-OH is 1. The predicted molar refractivity (Wildman–Crippen MR) is 99.0 cm³/mol. The monoisotopic (exact) mass is 346 g/mol. The first kappa shape index (κ1) is 20.7. The van der Waals surface area contributed by atoms with Crippen LogP contribution >= 0.6 is 0 Å². The molecule has 0 heterocycles. The molecule has 2 aromatic rings. The van der Waals surface area contributed by atoms with Crippen molar-refractivity contribution in [1.82, 2.24) is 0 Å². The van der Waals surface area contributed by atoms with Gasteiger partial charge in [0.25, 0.3) is 0 Å². The Hall–Kier alpha value is -2.37. The lowest BCUT2D eigenvalue weighted by molar-refractivity contribution is -0.870. The van der Waals surface area contributed by atoms with E-state index in [1.807, 2.05) is 36.4 Å². The molecule has 5 nitrogen and oxygen atoms in total. The summed E-state index contributed by atoms with van der Waals surface area (Å²) in [5.41, 5.74) is 0.732. The fourth-order valence-electron chi connectivity index (χ4n) is 1.91. The molecule has 5 heteroatoms. The smallest absolute Gasteiger partial charge is 0.310 e. The molecule has 0 aromatic heterocycles. The van der Waals surface area contributed by atoms with Crippen molar-refractivity contribution < 1.29 is 24.2 Å². The van der Waals surface area contributed by atoms with Gasteiger partial charge in [-0.25, -0.2) is 0 Å². The number of nitrogens with zero attached hydrogens (tertiary/aromatic N) is 1. The average molecular weight is 346 g/mol. The number of hydrogen-bond acceptors (Lipinski definition) is 3. The SMILES string of the molecule is CC(C(=O)O)c1cccc(Oc2ccccc2)c1.C[N+](C)(C)CCO. The molecule has 2 aromatic carbocycles. The van der Waals surface area contributed by atoms with Crippen molar-refractivity contribution >= 4 is 5.97 Å². The van der Waals surface area contributed by atoms with Crippen LogP contribution in [0.25, 0.3) is 0 Å². The maximum Gasteiger partial charge on any atom is 0.310 e. The van der Waals surface area contributed by atoms with E-state index in [4.69, 9.17) is 14.9 Å². The maximum absolute atomic E-state index is 10.9. The van der Waals surface area contributed by atoms with Crippen molar-refractivity contribution in [2.75, 3.05) is 34.3 Å². The summed E-state index contributed by atoms with van der Waals surface area (Å²) in [6.07, 6.45) is 0. The molecule has 0 aliphatic rings. The number of para-hydroxylation sites is 1. The lowest BCUT2D eigenvalue weighted by atomic mass is 10.0. The number of rotatable bonds is 6. The van der Waals surface area contributed by atoms with Crippen molar-refractivity contribution in [3.63, 3.8) is 0 Å². The minimum absolute atomic E-state index is 0.281. The number of hydrogen-bond donors (Lipinski definition) is 2. The largest absolute Gasteiger partial charge is 0.481 e. The summed E-state index contributed by atoms with van der Waals surface area (Å²) in [5, 5.41) is 17.4. The highest BCUT2D eigenvalue weighted by molar-refractivity contribution is 5.75. The van der Waals surface area contributed by atoms with Gasteiger partial charge in [0.05, 0.1) is 33.7 Å². The van der Waals surface area contributed by atoms with E-state index in [2.05, 4.69) is 21.1 Å². The Kier molecular flexibility index (Phi) is 8.11. The summed E-state index contributed by atoms with van der Waals surface area (Å²) in [7, 11) is 6.16. The number of benzene rings is 2. The van der Waals surface area contributed by atoms with Crippen LogP contribution in [-0.4, -0.2) is 55.0 Å². The van der Waals surface area contributed by atoms with Gasteiger partial charge in [-0.3, -0.25) is 4.79 Å². The van der Waals surface area contributed by atoms with E-state index in [1.165, 1.54) is 0 Å². The van der Waals surface area contributed by atoms with Crippen molar-refractivity contribution in [2.45, 2.75) is 12.8 Å². The molecule has 0 aliphatic heterocycles. The Labute approximate surface area is 149 Å². The zero-order chi connectivity index (χ0) is 18.9. The molecule has 0 amide bonds. The second kappa shape index (κ2) is 9.81. The Balaban J connectivity index is 0.000000381. The summed E-state index contributed by atoms with van der Waals surface area (Å²) in [5.74, 6) is 0.000567. The van der Waals surface area contributed by atoms with Crippen LogP contribution in [0, 0.1) is 0 Å². The number of ether oxygens (including phenoxy) is 1. The Morgan fingerprint density at radius 1 is 1.04 bits per heavy atom. The van der Waals surface area contributed by atoms with E-state index in [9.17, 15) is 4.79 Å². The minimum Gasteiger partial charge on any atom is -0.481 e. The summed E-state index contributed by atoms with van der Waals surface area (Å²) in [6.45, 7) is 2.77. The van der Waals surface area contributed by atoms with Crippen LogP contribution in [-0.2, 0) is 4.79 Å². The molecule has 0 radical (unpaired) electrons. The van der Waals surface area contributed by atoms with Crippen LogP contribution in [0.5, 0.6) is 11.5 Å². The molecule has 0 aliphatic carbocycles. The third-order valence-corrected chi connectivity index (χ3v) is 3.48. The van der Waals surface area contributed by atoms with Crippen molar-refractivity contribution in [2.24, 2.45) is 0 Å². The summed E-state index contributed by atoms with van der Waals surface area (Å²) in [6, 6.07) is 16.6. The first-order valence-corrected chi connectivity index (χ1v) is 8.20. The molecule has 0 saturated heterocycles. The maximum atomic E-state index is 10.9. The predicted octanol–water partition coefficient (Wildman–Crippen LogP) is 3.35. The van der Waals surface area contributed by atoms with Gasteiger partial charge in [-0.2, -0.15) is 0 Å². The fraction of sp³-hybridized carbons (Fsp3) is 0.350. The third kappa shape index (κ3) is 8.33. The normalized spacial score (nSPS) is 11.9. The third-order valence-electron chi connectivity index (χ3n) is 3.48. The first-order chi connectivity index (χ1) is 11.7. The Morgan fingerprint density at radius 2 is 1.64 bits per heavy atom. The number of carbonyl (C=O) groups is 1. The van der Waals surface area contributed by atoms with Crippen LogP contribution in [0.15, 0.2) is 54.6 Å². The number of aliphatic hydroxyl groups is 1. The standard InChI is InChI=1S/C15H14O3.C5H14NO/c1-11(15(16)17)12-6-5-9-14(10-12)18-13-7-3-2-4-8-13;1-6(2,3)4-5-7/h2-11H,1H3,(H,16,17);7H,4-5H2,1-3H3/q;+1. The average Bonchev–Trinajstić information content (AvgIpc) is 2.55. The van der Waals surface area contributed by atoms with Gasteiger partial charge in [0, 0.05) is 0 Å². The van der Waals surface area contributed by atoms with Gasteiger partial charge >= 0.3 is 5.97 Å². The molecule has 0 bridgehead atoms. The van der Waals surface area contributed by atoms with Crippen molar-refractivity contribution in [1.29, 1.82) is 0 Å². The highest BCUT2D eigenvalue weighted by Crippen LogP contribution is 2.25. The van der Waals surface area contributed by atoms with Crippen LogP contribution in [0.1, 0.15) is 18.4 Å². The molecule has 136 valence electrons. The van der Waals surface area contributed by atoms with E-state index >= 15 is 0 Å². The molecule has 2 N–H and O–H groups in total. The highest BCUT2D eigenvalue weighted by Gasteiger charge is 2.14. The lowest BCUT2D eigenvalue weighted by Gasteiger charge is -2.21. The van der Waals surface area contributed by atoms with Gasteiger partial charge in [0.2, 0.25) is 0 Å². The number of quaternary nitrogens is 1. The van der Waals surface area contributed by atoms with Crippen molar-refractivity contribution in [3.05, 3.63) is 60.2 Å². The van der Waals surface area contributed by atoms with Crippen molar-refractivity contribution in [3.8, 4) is 11.5 Å². The van der Waals surface area contributed by atoms with E-state index in [0.29, 0.717) is 5.75 Å². The molecule has 2 rings (SSSR count). The van der Waals surface area contributed by atoms with E-state index in [-0.39, 0.29) is 6.61 Å². The number of carboxylic acids is 1. The van der Waals surface area contributed by atoms with E-state index in [1.54, 1.807) is 25.1 Å². The Morgan fingerprint density at radius 3 is 2.12 bits per heavy atom. The lowest BCUT2D eigenvalue weighted by Crippen LogP contribution is -2.36. The van der Waals surface area contributed by atoms with Gasteiger partial charge < -0.3 is 19.4 Å².